The number of nitrogens with one attached hydrogen (secondary N) is 2. The molecule has 1 rings (SSSR count). The molecule has 3 N–H and O–H groups in total. The first-order chi connectivity index (χ1) is 9.54. The van der Waals surface area contributed by atoms with Crippen molar-refractivity contribution in [2.45, 2.75) is 38.3 Å². The largest absolute Gasteiger partial charge is 0.480 e. The molecule has 1 heterocycles. The number of hydrogen-bond donors (Lipinski definition) is 3. The molecule has 7 heteroatoms. The number of carboxylic acids is 1. The van der Waals surface area contributed by atoms with Crippen LogP contribution in [0.3, 0.4) is 0 Å². The SMILES string of the molecule is COCCC(NC(=O)NCC(C)N1CCCC1)C(=O)O. The standard InChI is InChI=1S/C13H25N3O4/c1-10(16-6-3-4-7-16)9-14-13(19)15-11(12(17)18)5-8-20-2/h10-11H,3-9H2,1-2H3,(H,17,18)(H2,14,15,19). The molecule has 0 aromatic heterocycles. The van der Waals surface area contributed by atoms with Crippen LogP contribution in [0.5, 0.6) is 0 Å². The van der Waals surface area contributed by atoms with Crippen molar-refractivity contribution in [3.63, 3.8) is 0 Å². The first-order valence-electron chi connectivity index (χ1n) is 7.04. The van der Waals surface area contributed by atoms with Crippen molar-refractivity contribution < 1.29 is 19.4 Å². The van der Waals surface area contributed by atoms with Crippen molar-refractivity contribution in [1.82, 2.24) is 15.5 Å². The number of amides is 2. The minimum absolute atomic E-state index is 0.251. The summed E-state index contributed by atoms with van der Waals surface area (Å²) in [5.41, 5.74) is 0. The molecule has 20 heavy (non-hydrogen) atoms. The Morgan fingerprint density at radius 1 is 1.35 bits per heavy atom. The number of methoxy groups -OCH3 is 1. The number of nitrogens with zero attached hydrogens (tertiary/aromatic N) is 1. The van der Waals surface area contributed by atoms with E-state index < -0.39 is 18.0 Å². The number of rotatable bonds is 8. The Morgan fingerprint density at radius 2 is 2.00 bits per heavy atom. The molecule has 0 saturated carbocycles. The van der Waals surface area contributed by atoms with E-state index in [9.17, 15) is 9.59 Å². The average molecular weight is 287 g/mol. The first-order valence-corrected chi connectivity index (χ1v) is 7.04. The molecular formula is C13H25N3O4. The van der Waals surface area contributed by atoms with Gasteiger partial charge in [0.1, 0.15) is 6.04 Å². The Hall–Kier alpha value is -1.34. The summed E-state index contributed by atoms with van der Waals surface area (Å²) in [4.78, 5) is 25.0. The maximum absolute atomic E-state index is 11.7. The van der Waals surface area contributed by atoms with E-state index in [1.54, 1.807) is 0 Å². The molecule has 0 radical (unpaired) electrons. The number of ether oxygens (including phenoxy) is 1. The van der Waals surface area contributed by atoms with Gasteiger partial charge in [-0.1, -0.05) is 0 Å². The third kappa shape index (κ3) is 5.75. The fraction of sp³-hybridized carbons (Fsp3) is 0.846. The highest BCUT2D eigenvalue weighted by atomic mass is 16.5. The number of aliphatic carboxylic acids is 1. The molecule has 0 aliphatic carbocycles. The van der Waals surface area contributed by atoms with E-state index in [-0.39, 0.29) is 12.5 Å². The zero-order valence-corrected chi connectivity index (χ0v) is 12.2. The number of carbonyl (C=O) groups is 2. The quantitative estimate of drug-likeness (QED) is 0.596. The highest BCUT2D eigenvalue weighted by Gasteiger charge is 2.21. The van der Waals surface area contributed by atoms with Gasteiger partial charge in [-0.25, -0.2) is 9.59 Å². The minimum Gasteiger partial charge on any atom is -0.480 e. The maximum atomic E-state index is 11.7. The first kappa shape index (κ1) is 16.7. The summed E-state index contributed by atoms with van der Waals surface area (Å²) in [6.45, 7) is 5.00. The van der Waals surface area contributed by atoms with Crippen LogP contribution in [0, 0.1) is 0 Å². The molecule has 0 aromatic rings. The number of likely N-dealkylation sites (tertiary alicyclic amines) is 1. The van der Waals surface area contributed by atoms with E-state index >= 15 is 0 Å². The van der Waals surface area contributed by atoms with E-state index in [1.807, 2.05) is 0 Å². The molecule has 2 atom stereocenters. The number of urea groups is 1. The summed E-state index contributed by atoms with van der Waals surface area (Å²) in [5, 5.41) is 14.2. The summed E-state index contributed by atoms with van der Waals surface area (Å²) in [5.74, 6) is -1.05. The molecule has 0 spiro atoms. The van der Waals surface area contributed by atoms with E-state index in [0.717, 1.165) is 13.1 Å². The van der Waals surface area contributed by atoms with Crippen molar-refractivity contribution >= 4 is 12.0 Å². The van der Waals surface area contributed by atoms with Crippen LogP contribution in [-0.2, 0) is 9.53 Å². The van der Waals surface area contributed by atoms with Gasteiger partial charge in [-0.3, -0.25) is 4.90 Å². The fourth-order valence-corrected chi connectivity index (χ4v) is 2.25. The van der Waals surface area contributed by atoms with E-state index in [1.165, 1.54) is 20.0 Å². The van der Waals surface area contributed by atoms with Crippen LogP contribution < -0.4 is 10.6 Å². The summed E-state index contributed by atoms with van der Waals surface area (Å²) < 4.78 is 4.83. The smallest absolute Gasteiger partial charge is 0.326 e. The number of carboxylic acid groups (broad SMARTS) is 1. The number of carbonyl (C=O) groups excluding carboxylic acids is 1. The summed E-state index contributed by atoms with van der Waals surface area (Å²) >= 11 is 0. The van der Waals surface area contributed by atoms with Gasteiger partial charge in [0.25, 0.3) is 0 Å². The van der Waals surface area contributed by atoms with Gasteiger partial charge in [-0.05, 0) is 32.9 Å². The zero-order valence-electron chi connectivity index (χ0n) is 12.2. The van der Waals surface area contributed by atoms with Gasteiger partial charge in [-0.2, -0.15) is 0 Å². The third-order valence-electron chi connectivity index (χ3n) is 3.54. The monoisotopic (exact) mass is 287 g/mol. The van der Waals surface area contributed by atoms with Crippen LogP contribution in [0.25, 0.3) is 0 Å². The average Bonchev–Trinajstić information content (AvgIpc) is 2.94. The van der Waals surface area contributed by atoms with Gasteiger partial charge in [0.15, 0.2) is 0 Å². The van der Waals surface area contributed by atoms with E-state index in [0.29, 0.717) is 13.2 Å². The summed E-state index contributed by atoms with van der Waals surface area (Å²) in [7, 11) is 1.50. The normalized spacial score (nSPS) is 18.5. The minimum atomic E-state index is -1.05. The Kier molecular flexibility index (Phi) is 7.32. The third-order valence-corrected chi connectivity index (χ3v) is 3.54. The predicted molar refractivity (Wildman–Crippen MR) is 74.7 cm³/mol. The Labute approximate surface area is 119 Å². The van der Waals surface area contributed by atoms with Gasteiger partial charge >= 0.3 is 12.0 Å². The zero-order chi connectivity index (χ0) is 15.0. The van der Waals surface area contributed by atoms with Crippen molar-refractivity contribution in [1.29, 1.82) is 0 Å². The molecule has 1 saturated heterocycles. The predicted octanol–water partition coefficient (Wildman–Crippen LogP) is 0.260. The molecule has 7 nitrogen and oxygen atoms in total. The molecular weight excluding hydrogens is 262 g/mol. The van der Waals surface area contributed by atoms with Gasteiger partial charge < -0.3 is 20.5 Å². The van der Waals surface area contributed by atoms with Crippen molar-refractivity contribution in [3.05, 3.63) is 0 Å². The van der Waals surface area contributed by atoms with Crippen LogP contribution >= 0.6 is 0 Å². The van der Waals surface area contributed by atoms with Gasteiger partial charge in [0, 0.05) is 32.7 Å². The topological polar surface area (TPSA) is 90.9 Å². The van der Waals surface area contributed by atoms with Crippen LogP contribution in [0.15, 0.2) is 0 Å². The van der Waals surface area contributed by atoms with Crippen LogP contribution in [0.1, 0.15) is 26.2 Å². The number of hydrogen-bond acceptors (Lipinski definition) is 4. The van der Waals surface area contributed by atoms with Crippen LogP contribution in [0.2, 0.25) is 0 Å². The Balaban J connectivity index is 2.28. The van der Waals surface area contributed by atoms with Crippen molar-refractivity contribution in [2.75, 3.05) is 33.4 Å². The fourth-order valence-electron chi connectivity index (χ4n) is 2.25. The van der Waals surface area contributed by atoms with Crippen LogP contribution in [-0.4, -0.2) is 67.4 Å². The second-order valence-corrected chi connectivity index (χ2v) is 5.12. The Morgan fingerprint density at radius 3 is 2.55 bits per heavy atom. The molecule has 2 amide bonds. The molecule has 1 fully saturated rings. The van der Waals surface area contributed by atoms with Crippen molar-refractivity contribution in [2.24, 2.45) is 0 Å². The molecule has 1 aliphatic heterocycles. The molecule has 2 unspecified atom stereocenters. The lowest BCUT2D eigenvalue weighted by atomic mass is 10.2. The molecule has 1 aliphatic rings. The summed E-state index contributed by atoms with van der Waals surface area (Å²) in [6, 6.07) is -1.10. The lowest BCUT2D eigenvalue weighted by Gasteiger charge is -2.24. The maximum Gasteiger partial charge on any atom is 0.326 e. The summed E-state index contributed by atoms with van der Waals surface area (Å²) in [6.07, 6.45) is 2.66. The highest BCUT2D eigenvalue weighted by Crippen LogP contribution is 2.10. The molecule has 0 aromatic carbocycles. The lowest BCUT2D eigenvalue weighted by Crippen LogP contribution is -2.49. The van der Waals surface area contributed by atoms with Gasteiger partial charge in [0.05, 0.1) is 0 Å². The molecule has 116 valence electrons. The second-order valence-electron chi connectivity index (χ2n) is 5.12. The van der Waals surface area contributed by atoms with E-state index in [2.05, 4.69) is 22.5 Å². The lowest BCUT2D eigenvalue weighted by molar-refractivity contribution is -0.139. The highest BCUT2D eigenvalue weighted by molar-refractivity contribution is 5.82. The van der Waals surface area contributed by atoms with Crippen LogP contribution in [0.4, 0.5) is 4.79 Å². The second kappa shape index (κ2) is 8.76. The van der Waals surface area contributed by atoms with Gasteiger partial charge in [0.2, 0.25) is 0 Å². The Bertz CT molecular complexity index is 319. The molecule has 0 bridgehead atoms. The van der Waals surface area contributed by atoms with Crippen molar-refractivity contribution in [3.8, 4) is 0 Å². The van der Waals surface area contributed by atoms with E-state index in [4.69, 9.17) is 9.84 Å². The van der Waals surface area contributed by atoms with Gasteiger partial charge in [-0.15, -0.1) is 0 Å².